The van der Waals surface area contributed by atoms with Gasteiger partial charge in [-0.25, -0.2) is 4.90 Å². The van der Waals surface area contributed by atoms with Crippen molar-refractivity contribution in [3.63, 3.8) is 0 Å². The highest BCUT2D eigenvalue weighted by Gasteiger charge is 2.67. The van der Waals surface area contributed by atoms with Crippen molar-refractivity contribution < 1.29 is 19.1 Å². The average Bonchev–Trinajstić information content (AvgIpc) is 3.39. The van der Waals surface area contributed by atoms with Crippen LogP contribution in [0, 0.1) is 11.8 Å². The molecule has 154 valence electrons. The first-order chi connectivity index (χ1) is 14.6. The molecule has 4 atom stereocenters. The van der Waals surface area contributed by atoms with Gasteiger partial charge in [0.1, 0.15) is 6.04 Å². The maximum absolute atomic E-state index is 13.5. The molecule has 3 heterocycles. The van der Waals surface area contributed by atoms with Crippen LogP contribution in [0.3, 0.4) is 0 Å². The topological polar surface area (TPSA) is 70.2 Å². The van der Waals surface area contributed by atoms with E-state index in [4.69, 9.17) is 4.74 Å². The third kappa shape index (κ3) is 2.77. The molecule has 3 aliphatic rings. The monoisotopic (exact) mass is 405 g/mol. The van der Waals surface area contributed by atoms with Crippen molar-refractivity contribution in [2.24, 2.45) is 11.8 Å². The van der Waals surface area contributed by atoms with E-state index >= 15 is 0 Å². The van der Waals surface area contributed by atoms with Gasteiger partial charge in [-0.3, -0.25) is 24.2 Å². The zero-order valence-corrected chi connectivity index (χ0v) is 16.7. The van der Waals surface area contributed by atoms with E-state index in [9.17, 15) is 14.4 Å². The minimum atomic E-state index is -0.740. The van der Waals surface area contributed by atoms with E-state index in [0.29, 0.717) is 18.8 Å². The number of methoxy groups -OCH3 is 1. The second-order valence-corrected chi connectivity index (χ2v) is 7.97. The quantitative estimate of drug-likeness (QED) is 0.567. The van der Waals surface area contributed by atoms with Crippen LogP contribution in [0.25, 0.3) is 0 Å². The third-order valence-electron chi connectivity index (χ3n) is 6.46. The van der Waals surface area contributed by atoms with Crippen LogP contribution in [0.4, 0.5) is 5.69 Å². The maximum Gasteiger partial charge on any atom is 0.323 e. The summed E-state index contributed by atoms with van der Waals surface area (Å²) in [4.78, 5) is 45.0. The van der Waals surface area contributed by atoms with Gasteiger partial charge in [0.25, 0.3) is 0 Å². The van der Waals surface area contributed by atoms with Crippen LogP contribution >= 0.6 is 0 Å². The Labute approximate surface area is 174 Å². The van der Waals surface area contributed by atoms with Gasteiger partial charge in [-0.15, -0.1) is 0 Å². The summed E-state index contributed by atoms with van der Waals surface area (Å²) in [6.07, 6.45) is -0.301. The number of para-hydroxylation sites is 1. The normalized spacial score (nSPS) is 28.6. The smallest absolute Gasteiger partial charge is 0.323 e. The summed E-state index contributed by atoms with van der Waals surface area (Å²) < 4.78 is 5.05. The Kier molecular flexibility index (Phi) is 4.64. The first kappa shape index (κ1) is 19.0. The van der Waals surface area contributed by atoms with Crippen molar-refractivity contribution >= 4 is 23.5 Å². The van der Waals surface area contributed by atoms with Crippen LogP contribution < -0.4 is 4.90 Å². The number of imide groups is 1. The number of ether oxygens (including phenoxy) is 1. The number of amides is 2. The van der Waals surface area contributed by atoms with Crippen LogP contribution in [-0.4, -0.2) is 60.0 Å². The second-order valence-electron chi connectivity index (χ2n) is 7.97. The Morgan fingerprint density at radius 1 is 0.933 bits per heavy atom. The summed E-state index contributed by atoms with van der Waals surface area (Å²) in [7, 11) is 1.33. The van der Waals surface area contributed by atoms with Gasteiger partial charge in [0, 0.05) is 19.6 Å². The van der Waals surface area contributed by atoms with Gasteiger partial charge in [-0.1, -0.05) is 48.5 Å². The highest BCUT2D eigenvalue weighted by atomic mass is 16.5. The van der Waals surface area contributed by atoms with Gasteiger partial charge >= 0.3 is 5.97 Å². The minimum absolute atomic E-state index is 0.238. The van der Waals surface area contributed by atoms with Gasteiger partial charge in [0.2, 0.25) is 11.8 Å². The molecule has 3 aliphatic heterocycles. The molecule has 3 saturated heterocycles. The number of carbonyl (C=O) groups excluding carboxylic acids is 3. The highest BCUT2D eigenvalue weighted by Crippen LogP contribution is 2.47. The number of rotatable bonds is 4. The van der Waals surface area contributed by atoms with E-state index in [2.05, 4.69) is 4.90 Å². The Morgan fingerprint density at radius 2 is 1.57 bits per heavy atom. The van der Waals surface area contributed by atoms with Crippen molar-refractivity contribution in [3.05, 3.63) is 66.2 Å². The Balaban J connectivity index is 1.52. The summed E-state index contributed by atoms with van der Waals surface area (Å²) in [5.74, 6) is -2.33. The van der Waals surface area contributed by atoms with Crippen LogP contribution in [0.1, 0.15) is 5.56 Å². The molecule has 0 unspecified atom stereocenters. The molecule has 0 aromatic heterocycles. The van der Waals surface area contributed by atoms with Gasteiger partial charge in [-0.05, 0) is 17.7 Å². The number of carbonyl (C=O) groups is 3. The standard InChI is InChI=1S/C23H23N3O4/c1-30-23(29)19-17-18(22(28)26(21(17)27)16-10-6-3-7-11-16)20-24(12-13-25(19)20)14-15-8-4-2-5-9-15/h2-11,17-20H,12-14H2,1H3/t17-,18+,19-,20-/m0/s1. The predicted octanol–water partition coefficient (Wildman–Crippen LogP) is 1.49. The molecule has 30 heavy (non-hydrogen) atoms. The van der Waals surface area contributed by atoms with Gasteiger partial charge < -0.3 is 4.74 Å². The molecule has 0 saturated carbocycles. The first-order valence-electron chi connectivity index (χ1n) is 10.2. The van der Waals surface area contributed by atoms with Crippen LogP contribution in [0.15, 0.2) is 60.7 Å². The molecule has 7 nitrogen and oxygen atoms in total. The van der Waals surface area contributed by atoms with E-state index in [1.807, 2.05) is 41.3 Å². The summed E-state index contributed by atoms with van der Waals surface area (Å²) in [5.41, 5.74) is 1.68. The number of hydrogen-bond donors (Lipinski definition) is 0. The molecule has 0 bridgehead atoms. The fraction of sp³-hybridized carbons (Fsp3) is 0.348. The van der Waals surface area contributed by atoms with E-state index < -0.39 is 23.8 Å². The van der Waals surface area contributed by atoms with Crippen molar-refractivity contribution in [2.75, 3.05) is 25.1 Å². The van der Waals surface area contributed by atoms with Crippen LogP contribution in [-0.2, 0) is 25.7 Å². The predicted molar refractivity (Wildman–Crippen MR) is 109 cm³/mol. The minimum Gasteiger partial charge on any atom is -0.468 e. The van der Waals surface area contributed by atoms with Crippen molar-refractivity contribution in [2.45, 2.75) is 18.8 Å². The third-order valence-corrected chi connectivity index (χ3v) is 6.46. The van der Waals surface area contributed by atoms with Crippen LogP contribution in [0.5, 0.6) is 0 Å². The van der Waals surface area contributed by atoms with Gasteiger partial charge in [0.15, 0.2) is 0 Å². The molecule has 2 amide bonds. The Morgan fingerprint density at radius 3 is 2.23 bits per heavy atom. The van der Waals surface area contributed by atoms with Crippen molar-refractivity contribution in [1.29, 1.82) is 0 Å². The van der Waals surface area contributed by atoms with E-state index in [0.717, 1.165) is 12.1 Å². The molecule has 2 aromatic rings. The largest absolute Gasteiger partial charge is 0.468 e. The van der Waals surface area contributed by atoms with E-state index in [1.165, 1.54) is 12.0 Å². The molecule has 0 spiro atoms. The number of fused-ring (bicyclic) bond motifs is 3. The summed E-state index contributed by atoms with van der Waals surface area (Å²) in [6, 6.07) is 18.2. The Bertz CT molecular complexity index is 980. The molecule has 2 aromatic carbocycles. The number of nitrogens with zero attached hydrogens (tertiary/aromatic N) is 3. The average molecular weight is 405 g/mol. The lowest BCUT2D eigenvalue weighted by Gasteiger charge is -2.30. The molecule has 0 aliphatic carbocycles. The number of benzene rings is 2. The van der Waals surface area contributed by atoms with Crippen LogP contribution in [0.2, 0.25) is 0 Å². The van der Waals surface area contributed by atoms with Crippen molar-refractivity contribution in [1.82, 2.24) is 9.80 Å². The molecule has 7 heteroatoms. The second kappa shape index (κ2) is 7.34. The fourth-order valence-electron chi connectivity index (χ4n) is 5.24. The lowest BCUT2D eigenvalue weighted by Crippen LogP contribution is -2.48. The summed E-state index contributed by atoms with van der Waals surface area (Å²) in [6.45, 7) is 2.01. The fourth-order valence-corrected chi connectivity index (χ4v) is 5.24. The Hall–Kier alpha value is -3.03. The van der Waals surface area contributed by atoms with Gasteiger partial charge in [0.05, 0.1) is 30.8 Å². The van der Waals surface area contributed by atoms with E-state index in [-0.39, 0.29) is 18.0 Å². The molecular formula is C23H23N3O4. The SMILES string of the molecule is COC(=O)[C@@H]1[C@H]2C(=O)N(c3ccccc3)C(=O)[C@H]2[C@H]2N(Cc3ccccc3)CCN12. The molecule has 3 fully saturated rings. The number of anilines is 1. The summed E-state index contributed by atoms with van der Waals surface area (Å²) in [5, 5.41) is 0. The molecule has 0 radical (unpaired) electrons. The molecule has 0 N–H and O–H groups in total. The van der Waals surface area contributed by atoms with E-state index in [1.54, 1.807) is 24.3 Å². The zero-order valence-electron chi connectivity index (χ0n) is 16.7. The molecular weight excluding hydrogens is 382 g/mol. The van der Waals surface area contributed by atoms with Crippen molar-refractivity contribution in [3.8, 4) is 0 Å². The molecule has 5 rings (SSSR count). The maximum atomic E-state index is 13.5. The highest BCUT2D eigenvalue weighted by molar-refractivity contribution is 6.23. The summed E-state index contributed by atoms with van der Waals surface area (Å²) >= 11 is 0. The number of esters is 1. The number of hydrogen-bond acceptors (Lipinski definition) is 6. The lowest BCUT2D eigenvalue weighted by molar-refractivity contribution is -0.149. The lowest BCUT2D eigenvalue weighted by atomic mass is 9.91. The zero-order chi connectivity index (χ0) is 20.8. The van der Waals surface area contributed by atoms with Gasteiger partial charge in [-0.2, -0.15) is 0 Å². The first-order valence-corrected chi connectivity index (χ1v) is 10.2.